The van der Waals surface area contributed by atoms with Crippen molar-refractivity contribution in [2.75, 3.05) is 85.3 Å². The Morgan fingerprint density at radius 1 is 0.793 bits per heavy atom. The molecule has 1 saturated heterocycles. The van der Waals surface area contributed by atoms with Crippen molar-refractivity contribution in [3.8, 4) is 0 Å². The molecule has 0 unspecified atom stereocenters. The minimum absolute atomic E-state index is 0.209. The lowest BCUT2D eigenvalue weighted by Crippen LogP contribution is -2.45. The molecule has 0 saturated carbocycles. The van der Waals surface area contributed by atoms with Gasteiger partial charge in [0.2, 0.25) is 0 Å². The summed E-state index contributed by atoms with van der Waals surface area (Å²) in [7, 11) is -3.91. The van der Waals surface area contributed by atoms with E-state index in [4.69, 9.17) is 18.1 Å². The molecule has 0 aromatic carbocycles. The summed E-state index contributed by atoms with van der Waals surface area (Å²) >= 11 is 0. The van der Waals surface area contributed by atoms with Crippen LogP contribution in [0.15, 0.2) is 0 Å². The van der Waals surface area contributed by atoms with Gasteiger partial charge in [-0.05, 0) is 13.8 Å². The van der Waals surface area contributed by atoms with Crippen LogP contribution in [0.2, 0.25) is 0 Å². The smallest absolute Gasteiger partial charge is 0.314 e. The second-order valence-electron chi connectivity index (χ2n) is 6.36. The molecule has 14 heteroatoms. The fraction of sp³-hybridized carbons (Fsp3) is 1.00. The maximum Gasteiger partial charge on any atom is 0.344 e. The first-order valence-electron chi connectivity index (χ1n) is 9.72. The van der Waals surface area contributed by atoms with Gasteiger partial charge in [0.05, 0.1) is 13.2 Å². The van der Waals surface area contributed by atoms with E-state index in [1.165, 1.54) is 0 Å². The van der Waals surface area contributed by atoms with E-state index < -0.39 is 7.60 Å². The van der Waals surface area contributed by atoms with Gasteiger partial charge in [-0.25, -0.2) is 9.13 Å². The van der Waals surface area contributed by atoms with Crippen molar-refractivity contribution < 1.29 is 31.8 Å². The van der Waals surface area contributed by atoms with Crippen LogP contribution in [0.4, 0.5) is 0 Å². The highest BCUT2D eigenvalue weighted by Crippen LogP contribution is 2.48. The average Bonchev–Trinajstić information content (AvgIpc) is 2.69. The van der Waals surface area contributed by atoms with Crippen molar-refractivity contribution >= 4 is 25.0 Å². The molecule has 1 N–H and O–H groups in total. The summed E-state index contributed by atoms with van der Waals surface area (Å²) in [5.74, 6) is 0. The zero-order valence-electron chi connectivity index (χ0n) is 17.2. The fourth-order valence-corrected chi connectivity index (χ4v) is 5.09. The van der Waals surface area contributed by atoms with Crippen LogP contribution >= 0.6 is 25.0 Å². The third kappa shape index (κ3) is 12.5. The highest BCUT2D eigenvalue weighted by Gasteiger charge is 2.27. The van der Waals surface area contributed by atoms with E-state index in [9.17, 15) is 13.7 Å². The van der Waals surface area contributed by atoms with Crippen LogP contribution in [0, 0.1) is 0 Å². The molecule has 1 fully saturated rings. The SMILES string of the molecule is CCOP(=O)(CN1CCNCCN(COP=O)CCN(COP=O)CC1)OCC. The average molecular weight is 474 g/mol. The fourth-order valence-electron chi connectivity index (χ4n) is 2.87. The molecule has 1 aliphatic heterocycles. The molecule has 0 spiro atoms. The number of hydrogen-bond donors (Lipinski definition) is 1. The van der Waals surface area contributed by atoms with Gasteiger partial charge in [0, 0.05) is 52.4 Å². The number of nitrogens with zero attached hydrogens (tertiary/aromatic N) is 3. The number of hydrogen-bond acceptors (Lipinski definition) is 11. The predicted octanol–water partition coefficient (Wildman–Crippen LogP) is 2.08. The van der Waals surface area contributed by atoms with Gasteiger partial charge in [-0.15, -0.1) is 0 Å². The topological polar surface area (TPSA) is 110 Å². The Kier molecular flexibility index (Phi) is 15.7. The Balaban J connectivity index is 2.76. The zero-order valence-corrected chi connectivity index (χ0v) is 19.9. The molecule has 29 heavy (non-hydrogen) atoms. The largest absolute Gasteiger partial charge is 0.344 e. The molecule has 1 heterocycles. The molecule has 0 aromatic rings. The van der Waals surface area contributed by atoms with Gasteiger partial charge < -0.3 is 14.4 Å². The zero-order chi connectivity index (χ0) is 21.4. The van der Waals surface area contributed by atoms with Gasteiger partial charge in [-0.2, -0.15) is 0 Å². The first kappa shape index (κ1) is 27.1. The lowest BCUT2D eigenvalue weighted by atomic mass is 10.4. The van der Waals surface area contributed by atoms with Crippen LogP contribution in [0.3, 0.4) is 0 Å². The van der Waals surface area contributed by atoms with Crippen LogP contribution < -0.4 is 5.32 Å². The third-order valence-corrected chi connectivity index (χ3v) is 6.78. The predicted molar refractivity (Wildman–Crippen MR) is 110 cm³/mol. The van der Waals surface area contributed by atoms with Crippen molar-refractivity contribution in [2.24, 2.45) is 0 Å². The minimum atomic E-state index is -3.19. The van der Waals surface area contributed by atoms with E-state index in [0.29, 0.717) is 52.5 Å². The first-order valence-corrected chi connectivity index (χ1v) is 12.9. The highest BCUT2D eigenvalue weighted by molar-refractivity contribution is 7.53. The normalized spacial score (nSPS) is 19.9. The molecule has 1 rings (SSSR count). The summed E-state index contributed by atoms with van der Waals surface area (Å²) in [6.07, 6.45) is 0.216. The molecule has 11 nitrogen and oxygen atoms in total. The summed E-state index contributed by atoms with van der Waals surface area (Å²) in [6, 6.07) is 0. The quantitative estimate of drug-likeness (QED) is 0.420. The maximum absolute atomic E-state index is 12.9. The lowest BCUT2D eigenvalue weighted by molar-refractivity contribution is 0.0807. The van der Waals surface area contributed by atoms with E-state index in [2.05, 4.69) is 10.2 Å². The van der Waals surface area contributed by atoms with Gasteiger partial charge in [-0.3, -0.25) is 28.3 Å². The second kappa shape index (κ2) is 16.8. The standard InChI is InChI=1S/C15H33N4O7P3/c1-3-25-29(22,26-4-2)15-19-8-6-16-5-7-17(13-23-27-20)9-10-18(11-12-19)14-24-28-21/h16H,3-15H2,1-2H3. The Morgan fingerprint density at radius 3 is 1.72 bits per heavy atom. The van der Waals surface area contributed by atoms with Gasteiger partial charge in [0.15, 0.2) is 0 Å². The maximum atomic E-state index is 12.9. The van der Waals surface area contributed by atoms with Crippen LogP contribution in [0.1, 0.15) is 13.8 Å². The van der Waals surface area contributed by atoms with E-state index in [1.54, 1.807) is 13.8 Å². The minimum Gasteiger partial charge on any atom is -0.314 e. The van der Waals surface area contributed by atoms with Crippen molar-refractivity contribution in [2.45, 2.75) is 13.8 Å². The molecule has 0 aliphatic carbocycles. The van der Waals surface area contributed by atoms with Gasteiger partial charge in [-0.1, -0.05) is 0 Å². The Bertz CT molecular complexity index is 497. The Morgan fingerprint density at radius 2 is 1.24 bits per heavy atom. The summed E-state index contributed by atoms with van der Waals surface area (Å²) in [5.41, 5.74) is 0. The molecule has 0 atom stereocenters. The van der Waals surface area contributed by atoms with Crippen molar-refractivity contribution in [1.82, 2.24) is 20.0 Å². The summed E-state index contributed by atoms with van der Waals surface area (Å²) in [4.78, 5) is 6.11. The van der Waals surface area contributed by atoms with Crippen LogP contribution in [0.5, 0.6) is 0 Å². The van der Waals surface area contributed by atoms with Crippen LogP contribution in [-0.4, -0.2) is 100 Å². The third-order valence-electron chi connectivity index (χ3n) is 4.29. The molecular weight excluding hydrogens is 441 g/mol. The summed E-state index contributed by atoms with van der Waals surface area (Å²) in [5, 5.41) is 3.36. The van der Waals surface area contributed by atoms with Gasteiger partial charge >= 0.3 is 25.0 Å². The number of rotatable bonds is 12. The van der Waals surface area contributed by atoms with Crippen LogP contribution in [-0.2, 0) is 31.8 Å². The van der Waals surface area contributed by atoms with Crippen LogP contribution in [0.25, 0.3) is 0 Å². The molecule has 0 amide bonds. The van der Waals surface area contributed by atoms with Crippen molar-refractivity contribution in [1.29, 1.82) is 0 Å². The molecule has 1 aliphatic rings. The monoisotopic (exact) mass is 474 g/mol. The van der Waals surface area contributed by atoms with E-state index in [1.807, 2.05) is 9.80 Å². The van der Waals surface area contributed by atoms with E-state index in [0.717, 1.165) is 13.1 Å². The van der Waals surface area contributed by atoms with Gasteiger partial charge in [0.25, 0.3) is 0 Å². The van der Waals surface area contributed by atoms with Crippen molar-refractivity contribution in [3.63, 3.8) is 0 Å². The molecule has 0 bridgehead atoms. The van der Waals surface area contributed by atoms with E-state index in [-0.39, 0.29) is 37.1 Å². The lowest BCUT2D eigenvalue weighted by Gasteiger charge is -2.31. The highest BCUT2D eigenvalue weighted by atomic mass is 31.2. The van der Waals surface area contributed by atoms with Gasteiger partial charge in [0.1, 0.15) is 19.7 Å². The Hall–Kier alpha value is 0.110. The van der Waals surface area contributed by atoms with E-state index >= 15 is 0 Å². The molecule has 0 radical (unpaired) electrons. The van der Waals surface area contributed by atoms with Crippen molar-refractivity contribution in [3.05, 3.63) is 0 Å². The summed E-state index contributed by atoms with van der Waals surface area (Å²) in [6.45, 7) is 10.1. The Labute approximate surface area is 176 Å². The second-order valence-corrected chi connectivity index (χ2v) is 9.19. The number of nitrogens with one attached hydrogen (secondary N) is 1. The molecule has 170 valence electrons. The molecular formula is C15H33N4O7P3. The summed E-state index contributed by atoms with van der Waals surface area (Å²) < 4.78 is 55.1. The molecule has 0 aromatic heterocycles. The first-order chi connectivity index (χ1) is 14.1.